The largest absolute Gasteiger partial charge is 0.447 e. The van der Waals surface area contributed by atoms with E-state index in [2.05, 4.69) is 5.20 Å². The molecule has 1 aromatic heterocycles. The Kier molecular flexibility index (Phi) is 7.04. The quantitative estimate of drug-likeness (QED) is 0.624. The van der Waals surface area contributed by atoms with E-state index in [1.165, 1.54) is 17.7 Å². The number of hydrogen-bond donors (Lipinski definition) is 2. The molecule has 0 aliphatic carbocycles. The number of aromatic nitrogens is 2. The lowest BCUT2D eigenvalue weighted by molar-refractivity contribution is -0.0251. The van der Waals surface area contributed by atoms with Crippen LogP contribution >= 0.6 is 7.75 Å². The summed E-state index contributed by atoms with van der Waals surface area (Å²) in [6.07, 6.45) is 0.566. The van der Waals surface area contributed by atoms with Gasteiger partial charge in [-0.2, -0.15) is 4.68 Å². The Bertz CT molecular complexity index is 803. The second-order valence-electron chi connectivity index (χ2n) is 7.02. The average Bonchev–Trinajstić information content (AvgIpc) is 3.02. The molecule has 1 aliphatic rings. The van der Waals surface area contributed by atoms with Gasteiger partial charge in [0.1, 0.15) is 6.23 Å². The molecule has 0 amide bonds. The highest BCUT2D eigenvalue weighted by Crippen LogP contribution is 2.47. The highest BCUT2D eigenvalue weighted by atomic mass is 31.2. The monoisotopic (exact) mass is 405 g/mol. The molecule has 1 aromatic rings. The molecule has 2 N–H and O–H groups in total. The summed E-state index contributed by atoms with van der Waals surface area (Å²) in [5, 5.41) is 11.6. The summed E-state index contributed by atoms with van der Waals surface area (Å²) in [6.45, 7) is 8.04. The van der Waals surface area contributed by atoms with Crippen LogP contribution in [0, 0.1) is 6.92 Å². The summed E-state index contributed by atoms with van der Waals surface area (Å²) in [6, 6.07) is 0. The lowest BCUT2D eigenvalue weighted by atomic mass is 10.2. The van der Waals surface area contributed by atoms with Crippen LogP contribution in [0.4, 0.5) is 0 Å². The van der Waals surface area contributed by atoms with Crippen molar-refractivity contribution < 1.29 is 23.5 Å². The molecule has 0 aromatic carbocycles. The van der Waals surface area contributed by atoms with E-state index in [1.807, 2.05) is 0 Å². The van der Waals surface area contributed by atoms with Gasteiger partial charge in [-0.1, -0.05) is 0 Å². The van der Waals surface area contributed by atoms with Crippen LogP contribution in [0.15, 0.2) is 15.8 Å². The Morgan fingerprint density at radius 2 is 1.85 bits per heavy atom. The molecule has 11 heteroatoms. The van der Waals surface area contributed by atoms with Gasteiger partial charge < -0.3 is 9.84 Å². The van der Waals surface area contributed by atoms with Crippen molar-refractivity contribution in [1.82, 2.24) is 9.24 Å². The molecule has 154 valence electrons. The predicted molar refractivity (Wildman–Crippen MR) is 99.3 cm³/mol. The van der Waals surface area contributed by atoms with E-state index in [-0.39, 0.29) is 18.3 Å². The molecule has 2 heterocycles. The van der Waals surface area contributed by atoms with E-state index >= 15 is 0 Å². The second-order valence-corrected chi connectivity index (χ2v) is 8.64. The molecule has 1 fully saturated rings. The van der Waals surface area contributed by atoms with Crippen molar-refractivity contribution in [2.24, 2.45) is 0 Å². The Morgan fingerprint density at radius 3 is 2.33 bits per heavy atom. The van der Waals surface area contributed by atoms with Gasteiger partial charge in [0.25, 0.3) is 5.56 Å². The number of hydrogen-bond acceptors (Lipinski definition) is 7. The Balaban J connectivity index is 2.45. The smallest absolute Gasteiger partial charge is 0.394 e. The van der Waals surface area contributed by atoms with Gasteiger partial charge in [0.2, 0.25) is 0 Å². The van der Waals surface area contributed by atoms with Crippen molar-refractivity contribution in [1.29, 1.82) is 0 Å². The normalized spacial score (nSPS) is 20.6. The van der Waals surface area contributed by atoms with Crippen molar-refractivity contribution in [3.05, 3.63) is 32.6 Å². The molecule has 1 aliphatic heterocycles. The number of nitrogens with zero attached hydrogens (tertiary/aromatic N) is 2. The van der Waals surface area contributed by atoms with Crippen LogP contribution in [0.1, 0.15) is 52.3 Å². The summed E-state index contributed by atoms with van der Waals surface area (Å²) >= 11 is 0. The average molecular weight is 405 g/mol. The van der Waals surface area contributed by atoms with Crippen molar-refractivity contribution in [2.45, 2.75) is 72.0 Å². The van der Waals surface area contributed by atoms with Crippen LogP contribution in [0.5, 0.6) is 0 Å². The number of aliphatic hydroxyl groups excluding tert-OH is 1. The van der Waals surface area contributed by atoms with Gasteiger partial charge in [0, 0.05) is 11.8 Å². The zero-order valence-corrected chi connectivity index (χ0v) is 17.1. The molecule has 0 spiro atoms. The van der Waals surface area contributed by atoms with Crippen molar-refractivity contribution in [3.8, 4) is 0 Å². The summed E-state index contributed by atoms with van der Waals surface area (Å²) < 4.78 is 31.2. The molecule has 0 unspecified atom stereocenters. The molecular weight excluding hydrogens is 377 g/mol. The second kappa shape index (κ2) is 8.70. The fourth-order valence-corrected chi connectivity index (χ4v) is 4.44. The topological polar surface area (TPSA) is 121 Å². The van der Waals surface area contributed by atoms with E-state index in [4.69, 9.17) is 13.8 Å². The highest BCUT2D eigenvalue weighted by Gasteiger charge is 2.32. The van der Waals surface area contributed by atoms with Gasteiger partial charge in [0.15, 0.2) is 0 Å². The summed E-state index contributed by atoms with van der Waals surface area (Å²) in [7, 11) is -3.98. The lowest BCUT2D eigenvalue weighted by Crippen LogP contribution is -2.46. The van der Waals surface area contributed by atoms with Crippen LogP contribution in [0.2, 0.25) is 0 Å². The minimum Gasteiger partial charge on any atom is -0.394 e. The van der Waals surface area contributed by atoms with Crippen molar-refractivity contribution >= 4 is 7.75 Å². The lowest BCUT2D eigenvalue weighted by Gasteiger charge is -2.25. The standard InChI is InChI=1S/C16H28N3O7P/c1-10(2)25-27(23,26-11(3)4)17-19-15(21)12(5)8-18(16(19)22)14-7-6-13(9-20)24-14/h8,10-11,13-14,20H,6-7,9H2,1-5H3,(H,17,23)/t13-,14+/m0/s1. The Labute approximate surface area is 157 Å². The van der Waals surface area contributed by atoms with Gasteiger partial charge in [-0.15, -0.1) is 0 Å². The van der Waals surface area contributed by atoms with Crippen LogP contribution in [0.25, 0.3) is 0 Å². The molecule has 0 bridgehead atoms. The number of ether oxygens (including phenoxy) is 1. The summed E-state index contributed by atoms with van der Waals surface area (Å²) in [4.78, 5) is 25.4. The third kappa shape index (κ3) is 5.30. The minimum atomic E-state index is -3.98. The molecule has 0 radical (unpaired) electrons. The molecule has 2 rings (SSSR count). The third-order valence-electron chi connectivity index (χ3n) is 3.81. The van der Waals surface area contributed by atoms with E-state index in [1.54, 1.807) is 27.7 Å². The van der Waals surface area contributed by atoms with Gasteiger partial charge >= 0.3 is 13.4 Å². The fourth-order valence-electron chi connectivity index (χ4n) is 2.77. The fraction of sp³-hybridized carbons (Fsp3) is 0.750. The van der Waals surface area contributed by atoms with Crippen molar-refractivity contribution in [3.63, 3.8) is 0 Å². The first-order valence-corrected chi connectivity index (χ1v) is 10.5. The maximum absolute atomic E-state index is 13.0. The highest BCUT2D eigenvalue weighted by molar-refractivity contribution is 7.54. The van der Waals surface area contributed by atoms with Crippen LogP contribution in [-0.4, -0.2) is 39.3 Å². The van der Waals surface area contributed by atoms with Gasteiger partial charge in [0.05, 0.1) is 24.9 Å². The molecule has 10 nitrogen and oxygen atoms in total. The summed E-state index contributed by atoms with van der Waals surface area (Å²) in [5.74, 6) is 0. The SMILES string of the molecule is Cc1cn([C@H]2CC[C@@H](CO)O2)c(=O)n(NP(=O)(OC(C)C)OC(C)C)c1=O. The summed E-state index contributed by atoms with van der Waals surface area (Å²) in [5.41, 5.74) is -1.17. The van der Waals surface area contributed by atoms with E-state index in [0.29, 0.717) is 17.5 Å². The number of aliphatic hydroxyl groups is 1. The number of aryl methyl sites for hydroxylation is 1. The first-order valence-electron chi connectivity index (χ1n) is 8.92. The minimum absolute atomic E-state index is 0.151. The Morgan fingerprint density at radius 1 is 1.26 bits per heavy atom. The molecule has 0 saturated carbocycles. The molecule has 27 heavy (non-hydrogen) atoms. The first-order chi connectivity index (χ1) is 12.6. The Hall–Kier alpha value is -1.45. The van der Waals surface area contributed by atoms with Crippen LogP contribution < -0.4 is 16.4 Å². The molecule has 1 saturated heterocycles. The van der Waals surface area contributed by atoms with E-state index < -0.39 is 37.4 Å². The van der Waals surface area contributed by atoms with Gasteiger partial charge in [-0.05, 0) is 47.5 Å². The number of rotatable bonds is 8. The van der Waals surface area contributed by atoms with Crippen LogP contribution in [-0.2, 0) is 18.3 Å². The zero-order valence-electron chi connectivity index (χ0n) is 16.2. The van der Waals surface area contributed by atoms with Gasteiger partial charge in [-0.25, -0.2) is 14.6 Å². The first kappa shape index (κ1) is 21.8. The van der Waals surface area contributed by atoms with E-state index in [9.17, 15) is 19.3 Å². The van der Waals surface area contributed by atoms with E-state index in [0.717, 1.165) is 0 Å². The third-order valence-corrected chi connectivity index (χ3v) is 5.65. The zero-order chi connectivity index (χ0) is 20.4. The number of nitrogens with one attached hydrogen (secondary N) is 1. The maximum Gasteiger partial charge on any atom is 0.447 e. The van der Waals surface area contributed by atoms with Crippen LogP contribution in [0.3, 0.4) is 0 Å². The van der Waals surface area contributed by atoms with Crippen molar-refractivity contribution in [2.75, 3.05) is 11.8 Å². The van der Waals surface area contributed by atoms with Gasteiger partial charge in [-0.3, -0.25) is 18.4 Å². The maximum atomic E-state index is 13.0. The molecule has 2 atom stereocenters. The predicted octanol–water partition coefficient (Wildman–Crippen LogP) is 1.49. The molecular formula is C16H28N3O7P.